The van der Waals surface area contributed by atoms with E-state index in [1.54, 1.807) is 35.9 Å². The SMILES string of the molecule is O=C1CSC(c2ccccn2)N1CCCCN1C(=O)CSC1c1ccccn1. The summed E-state index contributed by atoms with van der Waals surface area (Å²) in [6, 6.07) is 11.6. The molecule has 2 amide bonds. The van der Waals surface area contributed by atoms with Crippen LogP contribution in [-0.2, 0) is 9.59 Å². The van der Waals surface area contributed by atoms with E-state index >= 15 is 0 Å². The Labute approximate surface area is 173 Å². The van der Waals surface area contributed by atoms with Gasteiger partial charge in [-0.2, -0.15) is 0 Å². The molecule has 0 radical (unpaired) electrons. The topological polar surface area (TPSA) is 66.4 Å². The Balaban J connectivity index is 1.32. The van der Waals surface area contributed by atoms with Crippen molar-refractivity contribution in [1.82, 2.24) is 19.8 Å². The second-order valence-electron chi connectivity index (χ2n) is 6.72. The molecule has 0 aromatic carbocycles. The van der Waals surface area contributed by atoms with Crippen LogP contribution in [0.25, 0.3) is 0 Å². The number of amides is 2. The van der Waals surface area contributed by atoms with E-state index in [9.17, 15) is 9.59 Å². The van der Waals surface area contributed by atoms with Crippen LogP contribution in [-0.4, -0.2) is 56.2 Å². The zero-order valence-corrected chi connectivity index (χ0v) is 17.1. The number of hydrogen-bond acceptors (Lipinski definition) is 6. The van der Waals surface area contributed by atoms with Gasteiger partial charge in [0, 0.05) is 25.5 Å². The molecule has 8 heteroatoms. The lowest BCUT2D eigenvalue weighted by Crippen LogP contribution is -2.32. The van der Waals surface area contributed by atoms with E-state index in [0.29, 0.717) is 24.6 Å². The maximum atomic E-state index is 12.3. The standard InChI is InChI=1S/C20H22N4O2S2/c25-17-13-27-19(15-7-1-3-9-21-15)23(17)11-5-6-12-24-18(26)14-28-20(24)16-8-2-4-10-22-16/h1-4,7-10,19-20H,5-6,11-14H2. The van der Waals surface area contributed by atoms with Crippen molar-refractivity contribution >= 4 is 35.3 Å². The Hall–Kier alpha value is -2.06. The molecule has 4 rings (SSSR count). The molecule has 0 spiro atoms. The molecule has 0 N–H and O–H groups in total. The third-order valence-electron chi connectivity index (χ3n) is 4.87. The second-order valence-corrected chi connectivity index (χ2v) is 8.85. The first-order valence-electron chi connectivity index (χ1n) is 9.38. The summed E-state index contributed by atoms with van der Waals surface area (Å²) >= 11 is 3.26. The van der Waals surface area contributed by atoms with Crippen molar-refractivity contribution in [3.05, 3.63) is 60.2 Å². The second kappa shape index (κ2) is 8.96. The number of pyridine rings is 2. The van der Waals surface area contributed by atoms with Gasteiger partial charge in [-0.25, -0.2) is 0 Å². The highest BCUT2D eigenvalue weighted by Crippen LogP contribution is 2.39. The minimum Gasteiger partial charge on any atom is -0.324 e. The minimum atomic E-state index is -0.000980. The number of thioether (sulfide) groups is 2. The lowest BCUT2D eigenvalue weighted by atomic mass is 10.2. The normalized spacial score (nSPS) is 22.3. The molecular weight excluding hydrogens is 392 g/mol. The quantitative estimate of drug-likeness (QED) is 0.649. The minimum absolute atomic E-state index is 0.000980. The van der Waals surface area contributed by atoms with Gasteiger partial charge in [0.1, 0.15) is 10.7 Å². The van der Waals surface area contributed by atoms with Gasteiger partial charge < -0.3 is 9.80 Å². The molecule has 2 aliphatic heterocycles. The highest BCUT2D eigenvalue weighted by Gasteiger charge is 2.34. The van der Waals surface area contributed by atoms with Gasteiger partial charge in [-0.1, -0.05) is 12.1 Å². The van der Waals surface area contributed by atoms with Crippen LogP contribution in [0.5, 0.6) is 0 Å². The molecule has 0 aliphatic carbocycles. The van der Waals surface area contributed by atoms with E-state index in [1.807, 2.05) is 46.2 Å². The fraction of sp³-hybridized carbons (Fsp3) is 0.400. The van der Waals surface area contributed by atoms with Gasteiger partial charge in [0.05, 0.1) is 22.9 Å². The summed E-state index contributed by atoms with van der Waals surface area (Å²) in [6.07, 6.45) is 5.26. The molecule has 6 nitrogen and oxygen atoms in total. The number of nitrogens with zero attached hydrogens (tertiary/aromatic N) is 4. The van der Waals surface area contributed by atoms with Gasteiger partial charge >= 0.3 is 0 Å². The molecule has 0 bridgehead atoms. The fourth-order valence-corrected chi connectivity index (χ4v) is 5.85. The van der Waals surface area contributed by atoms with Crippen molar-refractivity contribution in [2.75, 3.05) is 24.6 Å². The van der Waals surface area contributed by atoms with Crippen LogP contribution in [0.4, 0.5) is 0 Å². The average Bonchev–Trinajstić information content (AvgIpc) is 3.29. The number of unbranched alkanes of at least 4 members (excludes halogenated alkanes) is 1. The third-order valence-corrected chi connectivity index (χ3v) is 7.32. The molecular formula is C20H22N4O2S2. The van der Waals surface area contributed by atoms with Crippen LogP contribution in [0, 0.1) is 0 Å². The molecule has 2 fully saturated rings. The first-order chi connectivity index (χ1) is 13.7. The smallest absolute Gasteiger partial charge is 0.233 e. The molecule has 2 atom stereocenters. The predicted molar refractivity (Wildman–Crippen MR) is 112 cm³/mol. The molecule has 146 valence electrons. The van der Waals surface area contributed by atoms with Gasteiger partial charge in [0.15, 0.2) is 0 Å². The van der Waals surface area contributed by atoms with E-state index in [0.717, 1.165) is 24.2 Å². The van der Waals surface area contributed by atoms with Crippen LogP contribution in [0.3, 0.4) is 0 Å². The molecule has 28 heavy (non-hydrogen) atoms. The number of carbonyl (C=O) groups is 2. The van der Waals surface area contributed by atoms with Crippen molar-refractivity contribution in [3.8, 4) is 0 Å². The summed E-state index contributed by atoms with van der Waals surface area (Å²) in [4.78, 5) is 37.3. The van der Waals surface area contributed by atoms with E-state index in [1.165, 1.54) is 0 Å². The first kappa shape index (κ1) is 19.3. The Bertz CT molecular complexity index is 752. The average molecular weight is 415 g/mol. The lowest BCUT2D eigenvalue weighted by Gasteiger charge is -2.25. The molecule has 2 unspecified atom stereocenters. The fourth-order valence-electron chi connectivity index (χ4n) is 3.49. The molecule has 0 saturated carbocycles. The molecule has 2 aromatic heterocycles. The van der Waals surface area contributed by atoms with Crippen LogP contribution in [0.1, 0.15) is 35.0 Å². The van der Waals surface area contributed by atoms with Crippen LogP contribution in [0.2, 0.25) is 0 Å². The van der Waals surface area contributed by atoms with Crippen molar-refractivity contribution in [2.45, 2.75) is 23.6 Å². The zero-order chi connectivity index (χ0) is 19.3. The Morgan fingerprint density at radius 1 is 0.786 bits per heavy atom. The first-order valence-corrected chi connectivity index (χ1v) is 11.5. The number of rotatable bonds is 7. The Morgan fingerprint density at radius 3 is 1.64 bits per heavy atom. The molecule has 2 saturated heterocycles. The number of aromatic nitrogens is 2. The van der Waals surface area contributed by atoms with Crippen molar-refractivity contribution < 1.29 is 9.59 Å². The summed E-state index contributed by atoms with van der Waals surface area (Å²) in [7, 11) is 0. The van der Waals surface area contributed by atoms with Gasteiger partial charge in [0.2, 0.25) is 11.8 Å². The highest BCUT2D eigenvalue weighted by molar-refractivity contribution is 8.00. The van der Waals surface area contributed by atoms with Crippen molar-refractivity contribution in [2.24, 2.45) is 0 Å². The van der Waals surface area contributed by atoms with Gasteiger partial charge in [-0.15, -0.1) is 23.5 Å². The summed E-state index contributed by atoms with van der Waals surface area (Å²) in [5.74, 6) is 1.34. The van der Waals surface area contributed by atoms with Gasteiger partial charge in [-0.05, 0) is 37.1 Å². The van der Waals surface area contributed by atoms with Crippen molar-refractivity contribution in [1.29, 1.82) is 0 Å². The van der Waals surface area contributed by atoms with Crippen LogP contribution < -0.4 is 0 Å². The maximum absolute atomic E-state index is 12.3. The summed E-state index contributed by atoms with van der Waals surface area (Å²) < 4.78 is 0. The van der Waals surface area contributed by atoms with Gasteiger partial charge in [-0.3, -0.25) is 19.6 Å². The van der Waals surface area contributed by atoms with E-state index in [-0.39, 0.29) is 22.6 Å². The monoisotopic (exact) mass is 414 g/mol. The summed E-state index contributed by atoms with van der Waals surface area (Å²) in [5.41, 5.74) is 1.86. The molecule has 4 heterocycles. The maximum Gasteiger partial charge on any atom is 0.233 e. The van der Waals surface area contributed by atoms with Crippen LogP contribution in [0.15, 0.2) is 48.8 Å². The van der Waals surface area contributed by atoms with E-state index in [4.69, 9.17) is 0 Å². The van der Waals surface area contributed by atoms with E-state index in [2.05, 4.69) is 9.97 Å². The predicted octanol–water partition coefficient (Wildman–Crippen LogP) is 3.11. The summed E-state index contributed by atoms with van der Waals surface area (Å²) in [5, 5.41) is -0.00196. The van der Waals surface area contributed by atoms with Gasteiger partial charge in [0.25, 0.3) is 0 Å². The lowest BCUT2D eigenvalue weighted by molar-refractivity contribution is -0.129. The molecule has 2 aliphatic rings. The zero-order valence-electron chi connectivity index (χ0n) is 15.4. The van der Waals surface area contributed by atoms with Crippen LogP contribution >= 0.6 is 23.5 Å². The van der Waals surface area contributed by atoms with E-state index < -0.39 is 0 Å². The van der Waals surface area contributed by atoms with Crippen molar-refractivity contribution in [3.63, 3.8) is 0 Å². The number of carbonyl (C=O) groups excluding carboxylic acids is 2. The Morgan fingerprint density at radius 2 is 1.25 bits per heavy atom. The summed E-state index contributed by atoms with van der Waals surface area (Å²) in [6.45, 7) is 1.38. The third kappa shape index (κ3) is 4.17. The Kier molecular flexibility index (Phi) is 6.17. The molecule has 2 aromatic rings. The number of hydrogen-bond donors (Lipinski definition) is 0. The highest BCUT2D eigenvalue weighted by atomic mass is 32.2. The largest absolute Gasteiger partial charge is 0.324 e.